The van der Waals surface area contributed by atoms with Crippen molar-refractivity contribution in [1.29, 1.82) is 0 Å². The van der Waals surface area contributed by atoms with Gasteiger partial charge in [0.2, 0.25) is 0 Å². The van der Waals surface area contributed by atoms with Gasteiger partial charge in [-0.3, -0.25) is 0 Å². The first-order chi connectivity index (χ1) is 7.40. The number of rotatable bonds is 4. The molecule has 2 rings (SSSR count). The van der Waals surface area contributed by atoms with E-state index in [4.69, 9.17) is 0 Å². The molecule has 3 heteroatoms. The van der Waals surface area contributed by atoms with Gasteiger partial charge in [0.1, 0.15) is 5.82 Å². The maximum Gasteiger partial charge on any atom is 0.137 e. The maximum absolute atomic E-state index is 4.36. The Labute approximate surface area is 89.6 Å². The number of benzene rings is 1. The lowest BCUT2D eigenvalue weighted by Crippen LogP contribution is -2.10. The van der Waals surface area contributed by atoms with Gasteiger partial charge >= 0.3 is 0 Å². The van der Waals surface area contributed by atoms with Crippen molar-refractivity contribution in [2.45, 2.75) is 6.42 Å². The lowest BCUT2D eigenvalue weighted by atomic mass is 10.2. The van der Waals surface area contributed by atoms with Crippen molar-refractivity contribution in [1.82, 2.24) is 15.3 Å². The number of hydrogen-bond acceptors (Lipinski definition) is 2. The molecule has 78 valence electrons. The normalized spacial score (nSPS) is 10.5. The van der Waals surface area contributed by atoms with Gasteiger partial charge in [0.05, 0.1) is 0 Å². The molecule has 3 nitrogen and oxygen atoms in total. The first kappa shape index (κ1) is 9.93. The molecule has 0 radical (unpaired) electrons. The molecule has 0 aliphatic heterocycles. The summed E-state index contributed by atoms with van der Waals surface area (Å²) in [6.45, 7) is 0.969. The van der Waals surface area contributed by atoms with E-state index in [9.17, 15) is 0 Å². The number of hydrogen-bond donors (Lipinski definition) is 2. The summed E-state index contributed by atoms with van der Waals surface area (Å²) in [5, 5.41) is 3.12. The highest BCUT2D eigenvalue weighted by molar-refractivity contribution is 5.54. The molecule has 0 saturated carbocycles. The molecule has 0 spiro atoms. The Morgan fingerprint density at radius 1 is 1.27 bits per heavy atom. The Kier molecular flexibility index (Phi) is 3.15. The van der Waals surface area contributed by atoms with Gasteiger partial charge in [-0.2, -0.15) is 0 Å². The van der Waals surface area contributed by atoms with E-state index in [0.717, 1.165) is 24.4 Å². The number of aromatic amines is 1. The van der Waals surface area contributed by atoms with E-state index in [-0.39, 0.29) is 0 Å². The third kappa shape index (κ3) is 2.44. The van der Waals surface area contributed by atoms with Crippen LogP contribution in [0.3, 0.4) is 0 Å². The summed E-state index contributed by atoms with van der Waals surface area (Å²) in [5.74, 6) is 0.946. The van der Waals surface area contributed by atoms with Crippen LogP contribution in [0.1, 0.15) is 5.69 Å². The minimum Gasteiger partial charge on any atom is -0.342 e. The van der Waals surface area contributed by atoms with Gasteiger partial charge in [0, 0.05) is 30.4 Å². The van der Waals surface area contributed by atoms with Crippen LogP contribution >= 0.6 is 0 Å². The molecule has 0 unspecified atom stereocenters. The topological polar surface area (TPSA) is 40.7 Å². The first-order valence-electron chi connectivity index (χ1n) is 5.14. The lowest BCUT2D eigenvalue weighted by Gasteiger charge is -1.96. The van der Waals surface area contributed by atoms with Crippen LogP contribution in [0, 0.1) is 0 Å². The van der Waals surface area contributed by atoms with Crippen molar-refractivity contribution in [2.24, 2.45) is 0 Å². The predicted molar refractivity (Wildman–Crippen MR) is 61.7 cm³/mol. The molecular weight excluding hydrogens is 186 g/mol. The van der Waals surface area contributed by atoms with Crippen molar-refractivity contribution in [2.75, 3.05) is 13.6 Å². The van der Waals surface area contributed by atoms with Gasteiger partial charge in [-0.25, -0.2) is 4.98 Å². The zero-order valence-corrected chi connectivity index (χ0v) is 8.83. The second kappa shape index (κ2) is 4.75. The highest BCUT2D eigenvalue weighted by atomic mass is 14.9. The SMILES string of the molecule is CNCCc1cnc(-c2ccccc2)[nH]1. The lowest BCUT2D eigenvalue weighted by molar-refractivity contribution is 0.780. The first-order valence-corrected chi connectivity index (χ1v) is 5.14. The fourth-order valence-electron chi connectivity index (χ4n) is 1.49. The van der Waals surface area contributed by atoms with Gasteiger partial charge in [0.15, 0.2) is 0 Å². The van der Waals surface area contributed by atoms with Crippen LogP contribution in [-0.4, -0.2) is 23.6 Å². The van der Waals surface area contributed by atoms with Crippen LogP contribution in [0.4, 0.5) is 0 Å². The third-order valence-electron chi connectivity index (χ3n) is 2.32. The highest BCUT2D eigenvalue weighted by Gasteiger charge is 2.01. The quantitative estimate of drug-likeness (QED) is 0.792. The molecule has 2 N–H and O–H groups in total. The maximum atomic E-state index is 4.36. The second-order valence-electron chi connectivity index (χ2n) is 3.48. The number of aromatic nitrogens is 2. The second-order valence-corrected chi connectivity index (χ2v) is 3.48. The van der Waals surface area contributed by atoms with Crippen molar-refractivity contribution < 1.29 is 0 Å². The summed E-state index contributed by atoms with van der Waals surface area (Å²) in [5.41, 5.74) is 2.30. The minimum absolute atomic E-state index is 0.946. The molecule has 1 heterocycles. The highest BCUT2D eigenvalue weighted by Crippen LogP contribution is 2.14. The van der Waals surface area contributed by atoms with Crippen LogP contribution in [0.2, 0.25) is 0 Å². The molecule has 0 aliphatic carbocycles. The molecule has 0 bridgehead atoms. The van der Waals surface area contributed by atoms with Crippen LogP contribution in [0.25, 0.3) is 11.4 Å². The summed E-state index contributed by atoms with van der Waals surface area (Å²) < 4.78 is 0. The smallest absolute Gasteiger partial charge is 0.137 e. The van der Waals surface area contributed by atoms with Crippen molar-refractivity contribution in [3.63, 3.8) is 0 Å². The van der Waals surface area contributed by atoms with Gasteiger partial charge in [-0.05, 0) is 7.05 Å². The van der Waals surface area contributed by atoms with E-state index < -0.39 is 0 Å². The van der Waals surface area contributed by atoms with Gasteiger partial charge < -0.3 is 10.3 Å². The fraction of sp³-hybridized carbons (Fsp3) is 0.250. The van der Waals surface area contributed by atoms with Crippen molar-refractivity contribution >= 4 is 0 Å². The number of imidazole rings is 1. The molecule has 0 amide bonds. The Bertz CT molecular complexity index is 406. The van der Waals surface area contributed by atoms with Crippen LogP contribution in [0.5, 0.6) is 0 Å². The van der Waals surface area contributed by atoms with E-state index in [0.29, 0.717) is 0 Å². The molecule has 1 aromatic carbocycles. The molecule has 0 aliphatic rings. The number of nitrogens with zero attached hydrogens (tertiary/aromatic N) is 1. The van der Waals surface area contributed by atoms with Crippen LogP contribution in [0.15, 0.2) is 36.5 Å². The number of likely N-dealkylation sites (N-methyl/N-ethyl adjacent to an activating group) is 1. The monoisotopic (exact) mass is 201 g/mol. The molecule has 1 aromatic heterocycles. The Balaban J connectivity index is 2.14. The zero-order chi connectivity index (χ0) is 10.5. The predicted octanol–water partition coefficient (Wildman–Crippen LogP) is 1.84. The van der Waals surface area contributed by atoms with Crippen LogP contribution < -0.4 is 5.32 Å². The zero-order valence-electron chi connectivity index (χ0n) is 8.83. The summed E-state index contributed by atoms with van der Waals surface area (Å²) in [4.78, 5) is 7.67. The standard InChI is InChI=1S/C12H15N3/c1-13-8-7-11-9-14-12(15-11)10-5-3-2-4-6-10/h2-6,9,13H,7-8H2,1H3,(H,14,15). The Hall–Kier alpha value is -1.61. The average molecular weight is 201 g/mol. The summed E-state index contributed by atoms with van der Waals surface area (Å²) >= 11 is 0. The van der Waals surface area contributed by atoms with Crippen molar-refractivity contribution in [3.05, 3.63) is 42.2 Å². The molecular formula is C12H15N3. The van der Waals surface area contributed by atoms with E-state index in [2.05, 4.69) is 27.4 Å². The summed E-state index contributed by atoms with van der Waals surface area (Å²) in [6, 6.07) is 10.2. The fourth-order valence-corrected chi connectivity index (χ4v) is 1.49. The van der Waals surface area contributed by atoms with Gasteiger partial charge in [-0.15, -0.1) is 0 Å². The van der Waals surface area contributed by atoms with Crippen molar-refractivity contribution in [3.8, 4) is 11.4 Å². The largest absolute Gasteiger partial charge is 0.342 e. The van der Waals surface area contributed by atoms with E-state index in [1.807, 2.05) is 31.4 Å². The van der Waals surface area contributed by atoms with E-state index >= 15 is 0 Å². The summed E-state index contributed by atoms with van der Waals surface area (Å²) in [7, 11) is 1.95. The Morgan fingerprint density at radius 3 is 2.80 bits per heavy atom. The van der Waals surface area contributed by atoms with E-state index in [1.165, 1.54) is 5.69 Å². The molecule has 2 aromatic rings. The minimum atomic E-state index is 0.946. The third-order valence-corrected chi connectivity index (χ3v) is 2.32. The average Bonchev–Trinajstić information content (AvgIpc) is 2.76. The number of nitrogens with one attached hydrogen (secondary N) is 2. The van der Waals surface area contributed by atoms with E-state index in [1.54, 1.807) is 0 Å². The number of H-pyrrole nitrogens is 1. The summed E-state index contributed by atoms with van der Waals surface area (Å²) in [6.07, 6.45) is 2.88. The van der Waals surface area contributed by atoms with Crippen LogP contribution in [-0.2, 0) is 6.42 Å². The Morgan fingerprint density at radius 2 is 2.07 bits per heavy atom. The van der Waals surface area contributed by atoms with Gasteiger partial charge in [-0.1, -0.05) is 30.3 Å². The molecule has 0 saturated heterocycles. The molecule has 0 fully saturated rings. The molecule has 15 heavy (non-hydrogen) atoms. The van der Waals surface area contributed by atoms with Gasteiger partial charge in [0.25, 0.3) is 0 Å². The molecule has 0 atom stereocenters.